The van der Waals surface area contributed by atoms with Gasteiger partial charge in [0.1, 0.15) is 5.69 Å². The number of aryl methyl sites for hydroxylation is 1. The van der Waals surface area contributed by atoms with Crippen molar-refractivity contribution in [2.75, 3.05) is 11.3 Å². The zero-order valence-electron chi connectivity index (χ0n) is 20.3. The number of nitrogens with zero attached hydrogens (tertiary/aromatic N) is 2. The largest absolute Gasteiger partial charge is 0.352 e. The van der Waals surface area contributed by atoms with Crippen LogP contribution in [0.4, 0.5) is 5.69 Å². The first-order chi connectivity index (χ1) is 16.0. The molecule has 182 valence electrons. The van der Waals surface area contributed by atoms with Gasteiger partial charge in [0.2, 0.25) is 0 Å². The number of sulfonamides is 1. The third kappa shape index (κ3) is 5.41. The Bertz CT molecular complexity index is 1340. The second kappa shape index (κ2) is 10.3. The maximum atomic E-state index is 13.2. The Labute approximate surface area is 200 Å². The minimum absolute atomic E-state index is 0.0355. The van der Waals surface area contributed by atoms with E-state index in [2.05, 4.69) is 23.9 Å². The number of amides is 1. The predicted molar refractivity (Wildman–Crippen MR) is 134 cm³/mol. The Morgan fingerprint density at radius 2 is 1.74 bits per heavy atom. The van der Waals surface area contributed by atoms with Gasteiger partial charge in [0.15, 0.2) is 0 Å². The van der Waals surface area contributed by atoms with E-state index in [1.807, 2.05) is 6.07 Å². The van der Waals surface area contributed by atoms with Crippen LogP contribution in [-0.4, -0.2) is 30.2 Å². The molecule has 0 spiro atoms. The molecule has 9 heteroatoms. The van der Waals surface area contributed by atoms with Crippen molar-refractivity contribution in [3.8, 4) is 5.69 Å². The lowest BCUT2D eigenvalue weighted by Crippen LogP contribution is -2.26. The number of nitrogens with one attached hydrogen (secondary N) is 2. The highest BCUT2D eigenvalue weighted by Gasteiger charge is 2.24. The number of carbonyl (C=O) groups excluding carboxylic acids is 1. The van der Waals surface area contributed by atoms with E-state index in [-0.39, 0.29) is 16.5 Å². The molecular weight excluding hydrogens is 452 g/mol. The maximum absolute atomic E-state index is 13.2. The highest BCUT2D eigenvalue weighted by atomic mass is 32.2. The van der Waals surface area contributed by atoms with Gasteiger partial charge >= 0.3 is 0 Å². The molecule has 0 atom stereocenters. The van der Waals surface area contributed by atoms with Crippen molar-refractivity contribution in [3.05, 3.63) is 75.7 Å². The van der Waals surface area contributed by atoms with E-state index in [4.69, 9.17) is 0 Å². The first kappa shape index (κ1) is 25.3. The highest BCUT2D eigenvalue weighted by molar-refractivity contribution is 7.92. The Balaban J connectivity index is 1.89. The normalized spacial score (nSPS) is 11.6. The average molecular weight is 485 g/mol. The molecule has 2 N–H and O–H groups in total. The summed E-state index contributed by atoms with van der Waals surface area (Å²) in [7, 11) is -2.42. The fraction of sp³-hybridized carbons (Fsp3) is 0.360. The molecule has 1 heterocycles. The number of benzene rings is 2. The summed E-state index contributed by atoms with van der Waals surface area (Å²) in [5.74, 6) is 0.228. The van der Waals surface area contributed by atoms with Crippen molar-refractivity contribution in [3.63, 3.8) is 0 Å². The van der Waals surface area contributed by atoms with Crippen molar-refractivity contribution >= 4 is 21.6 Å². The number of aromatic nitrogens is 2. The van der Waals surface area contributed by atoms with E-state index >= 15 is 0 Å². The van der Waals surface area contributed by atoms with Crippen LogP contribution in [0.5, 0.6) is 0 Å². The number of anilines is 1. The fourth-order valence-corrected chi connectivity index (χ4v) is 4.84. The summed E-state index contributed by atoms with van der Waals surface area (Å²) in [6.45, 7) is 8.19. The lowest BCUT2D eigenvalue weighted by atomic mass is 10.1. The van der Waals surface area contributed by atoms with E-state index in [9.17, 15) is 18.0 Å². The molecule has 34 heavy (non-hydrogen) atoms. The molecule has 0 fully saturated rings. The monoisotopic (exact) mass is 484 g/mol. The van der Waals surface area contributed by atoms with E-state index in [1.54, 1.807) is 55.9 Å². The summed E-state index contributed by atoms with van der Waals surface area (Å²) < 4.78 is 31.8. The molecule has 0 aliphatic rings. The van der Waals surface area contributed by atoms with E-state index in [1.165, 1.54) is 16.8 Å². The molecule has 2 aromatic carbocycles. The highest BCUT2D eigenvalue weighted by Crippen LogP contribution is 2.21. The summed E-state index contributed by atoms with van der Waals surface area (Å²) in [4.78, 5) is 25.7. The number of rotatable bonds is 9. The van der Waals surface area contributed by atoms with E-state index in [0.717, 1.165) is 12.8 Å². The van der Waals surface area contributed by atoms with Crippen molar-refractivity contribution in [1.29, 1.82) is 0 Å². The van der Waals surface area contributed by atoms with Crippen LogP contribution >= 0.6 is 0 Å². The van der Waals surface area contributed by atoms with Crippen LogP contribution in [0.3, 0.4) is 0 Å². The lowest BCUT2D eigenvalue weighted by Gasteiger charge is -2.12. The summed E-state index contributed by atoms with van der Waals surface area (Å²) >= 11 is 0. The molecule has 3 aromatic rings. The molecule has 0 bridgehead atoms. The molecule has 0 unspecified atom stereocenters. The smallest absolute Gasteiger partial charge is 0.296 e. The van der Waals surface area contributed by atoms with Gasteiger partial charge in [0.05, 0.1) is 16.3 Å². The molecule has 0 radical (unpaired) electrons. The zero-order valence-corrected chi connectivity index (χ0v) is 21.1. The molecule has 0 saturated heterocycles. The molecule has 0 aliphatic carbocycles. The minimum Gasteiger partial charge on any atom is -0.352 e. The van der Waals surface area contributed by atoms with Crippen LogP contribution < -0.4 is 15.6 Å². The van der Waals surface area contributed by atoms with Crippen molar-refractivity contribution < 1.29 is 13.2 Å². The van der Waals surface area contributed by atoms with Crippen LogP contribution in [0.25, 0.3) is 5.69 Å². The lowest BCUT2D eigenvalue weighted by molar-refractivity contribution is 0.0951. The second-order valence-corrected chi connectivity index (χ2v) is 10.5. The van der Waals surface area contributed by atoms with E-state index < -0.39 is 15.6 Å². The zero-order chi connectivity index (χ0) is 25.0. The fourth-order valence-electron chi connectivity index (χ4n) is 3.70. The number of hydrogen-bond acceptors (Lipinski definition) is 4. The second-order valence-electron chi connectivity index (χ2n) is 8.81. The van der Waals surface area contributed by atoms with Crippen molar-refractivity contribution in [2.24, 2.45) is 13.0 Å². The summed E-state index contributed by atoms with van der Waals surface area (Å²) in [6, 6.07) is 13.4. The van der Waals surface area contributed by atoms with Crippen LogP contribution in [0.1, 0.15) is 48.3 Å². The minimum atomic E-state index is -4.11. The molecule has 8 nitrogen and oxygen atoms in total. The molecular formula is C25H32N4O4S. The first-order valence-corrected chi connectivity index (χ1v) is 12.8. The van der Waals surface area contributed by atoms with Crippen molar-refractivity contribution in [1.82, 2.24) is 14.7 Å². The third-order valence-electron chi connectivity index (χ3n) is 5.80. The third-order valence-corrected chi connectivity index (χ3v) is 7.15. The predicted octanol–water partition coefficient (Wildman–Crippen LogP) is 3.76. The first-order valence-electron chi connectivity index (χ1n) is 11.3. The molecule has 0 aliphatic heterocycles. The van der Waals surface area contributed by atoms with Gasteiger partial charge in [-0.1, -0.05) is 38.1 Å². The summed E-state index contributed by atoms with van der Waals surface area (Å²) in [5.41, 5.74) is 1.53. The quantitative estimate of drug-likeness (QED) is 0.452. The van der Waals surface area contributed by atoms with Crippen molar-refractivity contribution in [2.45, 2.75) is 45.4 Å². The molecule has 0 saturated carbocycles. The van der Waals surface area contributed by atoms with Gasteiger partial charge in [-0.15, -0.1) is 0 Å². The van der Waals surface area contributed by atoms with Crippen LogP contribution in [0.2, 0.25) is 0 Å². The number of carbonyl (C=O) groups is 1. The van der Waals surface area contributed by atoms with Gasteiger partial charge in [-0.2, -0.15) is 0 Å². The van der Waals surface area contributed by atoms with Crippen LogP contribution in [0.15, 0.2) is 58.2 Å². The Kier molecular flexibility index (Phi) is 7.66. The Morgan fingerprint density at radius 1 is 1.06 bits per heavy atom. The van der Waals surface area contributed by atoms with E-state index in [0.29, 0.717) is 35.0 Å². The standard InChI is InChI=1S/C25H32N4O4S/c1-17(2)10-9-15-26-24(30)22-16-21(14-13-18(22)3)34(32,33)27-23-19(4)28(5)29(25(23)31)20-11-7-6-8-12-20/h6-8,11-14,16-17,27H,9-10,15H2,1-5H3,(H,26,30). The topological polar surface area (TPSA) is 102 Å². The Morgan fingerprint density at radius 3 is 2.38 bits per heavy atom. The van der Waals surface area contributed by atoms with Gasteiger partial charge in [-0.05, 0) is 62.4 Å². The number of para-hydroxylation sites is 1. The van der Waals surface area contributed by atoms with Gasteiger partial charge in [-0.3, -0.25) is 19.0 Å². The average Bonchev–Trinajstić information content (AvgIpc) is 3.00. The van der Waals surface area contributed by atoms with Gasteiger partial charge < -0.3 is 5.32 Å². The van der Waals surface area contributed by atoms with Crippen LogP contribution in [-0.2, 0) is 17.1 Å². The molecule has 3 rings (SSSR count). The summed E-state index contributed by atoms with van der Waals surface area (Å²) in [6.07, 6.45) is 1.84. The SMILES string of the molecule is Cc1ccc(S(=O)(=O)Nc2c(C)n(C)n(-c3ccccc3)c2=O)cc1C(=O)NCCCC(C)C. The van der Waals surface area contributed by atoms with Gasteiger partial charge in [0.25, 0.3) is 21.5 Å². The summed E-state index contributed by atoms with van der Waals surface area (Å²) in [5, 5.41) is 2.86. The Hall–Kier alpha value is -3.33. The number of hydrogen-bond donors (Lipinski definition) is 2. The molecule has 1 amide bonds. The van der Waals surface area contributed by atoms with Gasteiger partial charge in [0, 0.05) is 19.2 Å². The van der Waals surface area contributed by atoms with Crippen LogP contribution in [0, 0.1) is 19.8 Å². The van der Waals surface area contributed by atoms with Gasteiger partial charge in [-0.25, -0.2) is 13.1 Å². The molecule has 1 aromatic heterocycles. The maximum Gasteiger partial charge on any atom is 0.296 e.